The molecule has 0 saturated carbocycles. The first-order valence-corrected chi connectivity index (χ1v) is 6.92. The van der Waals surface area contributed by atoms with Crippen molar-refractivity contribution >= 4 is 23.2 Å². The molecule has 3 N–H and O–H groups in total. The summed E-state index contributed by atoms with van der Waals surface area (Å²) in [6.07, 6.45) is 0.467. The molecular weight excluding hydrogens is 288 g/mol. The van der Waals surface area contributed by atoms with Crippen molar-refractivity contribution in [3.05, 3.63) is 59.1 Å². The Morgan fingerprint density at radius 3 is 2.67 bits per heavy atom. The number of carbonyl (C=O) groups is 1. The summed E-state index contributed by atoms with van der Waals surface area (Å²) in [7, 11) is 1.55. The lowest BCUT2D eigenvalue weighted by atomic mass is 10.1. The average molecular weight is 305 g/mol. The lowest BCUT2D eigenvalue weighted by Crippen LogP contribution is -2.37. The van der Waals surface area contributed by atoms with E-state index in [0.29, 0.717) is 22.9 Å². The monoisotopic (exact) mass is 304 g/mol. The number of nitrogens with two attached hydrogens (primary N) is 1. The summed E-state index contributed by atoms with van der Waals surface area (Å²) in [5.74, 6) is 0.334. The van der Waals surface area contributed by atoms with Crippen molar-refractivity contribution in [1.29, 1.82) is 0 Å². The number of nitrogens with one attached hydrogen (secondary N) is 1. The largest absolute Gasteiger partial charge is 0.497 e. The van der Waals surface area contributed by atoms with Gasteiger partial charge in [-0.3, -0.25) is 4.79 Å². The molecular formula is C16H17ClN2O2. The molecule has 0 aliphatic rings. The highest BCUT2D eigenvalue weighted by Crippen LogP contribution is 2.26. The number of amides is 1. The number of rotatable bonds is 5. The van der Waals surface area contributed by atoms with Crippen LogP contribution < -0.4 is 15.8 Å². The third kappa shape index (κ3) is 4.21. The smallest absolute Gasteiger partial charge is 0.241 e. The Morgan fingerprint density at radius 1 is 1.29 bits per heavy atom. The van der Waals surface area contributed by atoms with Crippen molar-refractivity contribution in [2.75, 3.05) is 12.4 Å². The first kappa shape index (κ1) is 15.4. The van der Waals surface area contributed by atoms with Gasteiger partial charge in [0, 0.05) is 6.07 Å². The molecule has 0 aromatic heterocycles. The highest BCUT2D eigenvalue weighted by Gasteiger charge is 2.15. The topological polar surface area (TPSA) is 64.3 Å². The fraction of sp³-hybridized carbons (Fsp3) is 0.188. The summed E-state index contributed by atoms with van der Waals surface area (Å²) in [6.45, 7) is 0. The van der Waals surface area contributed by atoms with Crippen LogP contribution in [-0.2, 0) is 11.2 Å². The van der Waals surface area contributed by atoms with E-state index in [-0.39, 0.29) is 5.91 Å². The quantitative estimate of drug-likeness (QED) is 0.892. The third-order valence-corrected chi connectivity index (χ3v) is 3.40. The van der Waals surface area contributed by atoms with Gasteiger partial charge in [-0.1, -0.05) is 41.9 Å². The standard InChI is InChI=1S/C16H17ClN2O2/c1-21-12-7-8-13(17)15(10-12)19-16(20)14(18)9-11-5-3-2-4-6-11/h2-8,10,14H,9,18H2,1H3,(H,19,20). The Bertz CT molecular complexity index is 617. The molecule has 5 heteroatoms. The van der Waals surface area contributed by atoms with Crippen LogP contribution in [0.3, 0.4) is 0 Å². The van der Waals surface area contributed by atoms with Gasteiger partial charge in [-0.2, -0.15) is 0 Å². The Kier molecular flexibility index (Phi) is 5.20. The van der Waals surface area contributed by atoms with Gasteiger partial charge in [-0.25, -0.2) is 0 Å². The van der Waals surface area contributed by atoms with Crippen LogP contribution in [0.2, 0.25) is 5.02 Å². The number of ether oxygens (including phenoxy) is 1. The Labute approximate surface area is 128 Å². The summed E-state index contributed by atoms with van der Waals surface area (Å²) >= 11 is 6.05. The van der Waals surface area contributed by atoms with Crippen LogP contribution >= 0.6 is 11.6 Å². The number of benzene rings is 2. The van der Waals surface area contributed by atoms with Crippen LogP contribution in [0.4, 0.5) is 5.69 Å². The molecule has 0 aliphatic heterocycles. The fourth-order valence-electron chi connectivity index (χ4n) is 1.91. The van der Waals surface area contributed by atoms with Crippen LogP contribution in [0.1, 0.15) is 5.56 Å². The molecule has 4 nitrogen and oxygen atoms in total. The van der Waals surface area contributed by atoms with Gasteiger partial charge in [-0.05, 0) is 24.1 Å². The first-order chi connectivity index (χ1) is 10.1. The molecule has 2 rings (SSSR count). The molecule has 0 bridgehead atoms. The minimum absolute atomic E-state index is 0.283. The third-order valence-electron chi connectivity index (χ3n) is 3.07. The SMILES string of the molecule is COc1ccc(Cl)c(NC(=O)C(N)Cc2ccccc2)c1. The molecule has 2 aromatic carbocycles. The maximum absolute atomic E-state index is 12.1. The predicted octanol–water partition coefficient (Wildman–Crippen LogP) is 2.86. The fourth-order valence-corrected chi connectivity index (χ4v) is 2.08. The molecule has 0 aliphatic carbocycles. The Morgan fingerprint density at radius 2 is 2.00 bits per heavy atom. The van der Waals surface area contributed by atoms with E-state index < -0.39 is 6.04 Å². The van der Waals surface area contributed by atoms with Gasteiger partial charge in [0.15, 0.2) is 0 Å². The van der Waals surface area contributed by atoms with Gasteiger partial charge in [0.2, 0.25) is 5.91 Å². The van der Waals surface area contributed by atoms with Gasteiger partial charge >= 0.3 is 0 Å². The average Bonchev–Trinajstić information content (AvgIpc) is 2.50. The highest BCUT2D eigenvalue weighted by molar-refractivity contribution is 6.33. The predicted molar refractivity (Wildman–Crippen MR) is 84.8 cm³/mol. The summed E-state index contributed by atoms with van der Waals surface area (Å²) in [5, 5.41) is 3.17. The minimum Gasteiger partial charge on any atom is -0.497 e. The molecule has 1 atom stereocenters. The minimum atomic E-state index is -0.644. The van der Waals surface area contributed by atoms with Crippen molar-refractivity contribution in [2.24, 2.45) is 5.73 Å². The van der Waals surface area contributed by atoms with Crippen molar-refractivity contribution in [3.8, 4) is 5.75 Å². The second-order valence-electron chi connectivity index (χ2n) is 4.63. The first-order valence-electron chi connectivity index (χ1n) is 6.54. The Balaban J connectivity index is 2.04. The van der Waals surface area contributed by atoms with Crippen molar-refractivity contribution in [3.63, 3.8) is 0 Å². The van der Waals surface area contributed by atoms with Crippen LogP contribution in [-0.4, -0.2) is 19.1 Å². The van der Waals surface area contributed by atoms with Gasteiger partial charge in [0.25, 0.3) is 0 Å². The molecule has 0 fully saturated rings. The van der Waals surface area contributed by atoms with Crippen LogP contribution in [0.15, 0.2) is 48.5 Å². The maximum Gasteiger partial charge on any atom is 0.241 e. The molecule has 0 spiro atoms. The van der Waals surface area contributed by atoms with E-state index in [4.69, 9.17) is 22.1 Å². The number of methoxy groups -OCH3 is 1. The summed E-state index contributed by atoms with van der Waals surface area (Å²) < 4.78 is 5.11. The molecule has 1 amide bonds. The van der Waals surface area contributed by atoms with Gasteiger partial charge in [0.05, 0.1) is 23.9 Å². The zero-order valence-electron chi connectivity index (χ0n) is 11.7. The van der Waals surface area contributed by atoms with E-state index in [1.807, 2.05) is 30.3 Å². The van der Waals surface area contributed by atoms with Crippen molar-refractivity contribution < 1.29 is 9.53 Å². The summed E-state index contributed by atoms with van der Waals surface area (Å²) in [4.78, 5) is 12.1. The van der Waals surface area contributed by atoms with E-state index in [2.05, 4.69) is 5.32 Å². The zero-order chi connectivity index (χ0) is 15.2. The number of anilines is 1. The van der Waals surface area contributed by atoms with Gasteiger partial charge in [-0.15, -0.1) is 0 Å². The van der Waals surface area contributed by atoms with Gasteiger partial charge in [0.1, 0.15) is 5.75 Å². The van der Waals surface area contributed by atoms with Crippen LogP contribution in [0.5, 0.6) is 5.75 Å². The second kappa shape index (κ2) is 7.11. The van der Waals surface area contributed by atoms with E-state index in [1.54, 1.807) is 25.3 Å². The lowest BCUT2D eigenvalue weighted by molar-refractivity contribution is -0.117. The molecule has 1 unspecified atom stereocenters. The molecule has 2 aromatic rings. The second-order valence-corrected chi connectivity index (χ2v) is 5.04. The number of hydrogen-bond acceptors (Lipinski definition) is 3. The highest BCUT2D eigenvalue weighted by atomic mass is 35.5. The molecule has 110 valence electrons. The lowest BCUT2D eigenvalue weighted by Gasteiger charge is -2.14. The van der Waals surface area contributed by atoms with E-state index in [9.17, 15) is 4.79 Å². The van der Waals surface area contributed by atoms with Crippen molar-refractivity contribution in [1.82, 2.24) is 0 Å². The van der Waals surface area contributed by atoms with Crippen molar-refractivity contribution in [2.45, 2.75) is 12.5 Å². The van der Waals surface area contributed by atoms with E-state index >= 15 is 0 Å². The number of hydrogen-bond donors (Lipinski definition) is 2. The molecule has 21 heavy (non-hydrogen) atoms. The van der Waals surface area contributed by atoms with E-state index in [0.717, 1.165) is 5.56 Å². The molecule has 0 radical (unpaired) electrons. The maximum atomic E-state index is 12.1. The summed E-state index contributed by atoms with van der Waals surface area (Å²) in [6, 6.07) is 14.0. The van der Waals surface area contributed by atoms with Crippen LogP contribution in [0.25, 0.3) is 0 Å². The van der Waals surface area contributed by atoms with Crippen LogP contribution in [0, 0.1) is 0 Å². The summed E-state index contributed by atoms with van der Waals surface area (Å²) in [5.41, 5.74) is 7.43. The van der Waals surface area contributed by atoms with E-state index in [1.165, 1.54) is 0 Å². The zero-order valence-corrected chi connectivity index (χ0v) is 12.4. The van der Waals surface area contributed by atoms with Gasteiger partial charge < -0.3 is 15.8 Å². The molecule has 0 saturated heterocycles. The molecule has 0 heterocycles. The normalized spacial score (nSPS) is 11.8. The number of halogens is 1. The number of carbonyl (C=O) groups excluding carboxylic acids is 1. The Hall–Kier alpha value is -2.04.